The average Bonchev–Trinajstić information content (AvgIpc) is 3.31. The molecule has 0 aliphatic carbocycles. The monoisotopic (exact) mass is 370 g/mol. The third-order valence-corrected chi connectivity index (χ3v) is 4.59. The highest BCUT2D eigenvalue weighted by Crippen LogP contribution is 2.22. The van der Waals surface area contributed by atoms with Crippen LogP contribution in [0.4, 0.5) is 5.69 Å². The fraction of sp³-hybridized carbons (Fsp3) is 0.350. The Morgan fingerprint density at radius 2 is 2.00 bits per heavy atom. The number of hydrogen-bond donors (Lipinski definition) is 0. The molecule has 0 unspecified atom stereocenters. The first-order chi connectivity index (χ1) is 13.0. The van der Waals surface area contributed by atoms with Crippen LogP contribution in [0.5, 0.6) is 0 Å². The Labute approximate surface area is 157 Å². The lowest BCUT2D eigenvalue weighted by molar-refractivity contribution is -0.157. The molecule has 0 saturated carbocycles. The molecule has 7 heteroatoms. The third kappa shape index (κ3) is 4.36. The summed E-state index contributed by atoms with van der Waals surface area (Å²) in [5.74, 6) is -0.914. The molecule has 0 spiro atoms. The topological polar surface area (TPSA) is 80.1 Å². The largest absolute Gasteiger partial charge is 0.467 e. The van der Waals surface area contributed by atoms with Gasteiger partial charge in [0.15, 0.2) is 6.10 Å². The van der Waals surface area contributed by atoms with Crippen molar-refractivity contribution in [2.75, 3.05) is 18.5 Å². The first-order valence-corrected chi connectivity index (χ1v) is 8.79. The summed E-state index contributed by atoms with van der Waals surface area (Å²) in [5.41, 5.74) is 0.714. The molecule has 2 amide bonds. The van der Waals surface area contributed by atoms with E-state index in [1.165, 1.54) is 18.1 Å². The lowest BCUT2D eigenvalue weighted by Gasteiger charge is -2.22. The Morgan fingerprint density at radius 3 is 2.67 bits per heavy atom. The number of benzene rings is 1. The molecule has 0 N–H and O–H groups in total. The lowest BCUT2D eigenvalue weighted by atomic mass is 10.1. The van der Waals surface area contributed by atoms with E-state index in [4.69, 9.17) is 9.15 Å². The summed E-state index contributed by atoms with van der Waals surface area (Å²) in [6.45, 7) is 2.12. The maximum Gasteiger partial charge on any atom is 0.312 e. The van der Waals surface area contributed by atoms with E-state index in [2.05, 4.69) is 0 Å². The van der Waals surface area contributed by atoms with Crippen molar-refractivity contribution in [1.29, 1.82) is 0 Å². The molecular weight excluding hydrogens is 348 g/mol. The molecule has 1 aliphatic heterocycles. The second-order valence-electron chi connectivity index (χ2n) is 6.57. The summed E-state index contributed by atoms with van der Waals surface area (Å²) in [7, 11) is 1.63. The summed E-state index contributed by atoms with van der Waals surface area (Å²) < 4.78 is 10.6. The van der Waals surface area contributed by atoms with Gasteiger partial charge < -0.3 is 19.0 Å². The standard InChI is InChI=1S/C20H22N2O5/c1-14(19(24)21(2)16-7-4-3-5-8-16)27-20(25)15-11-18(23)22(12-15)13-17-9-6-10-26-17/h3-10,14-15H,11-13H2,1-2H3/t14-,15+/m1/s1. The maximum atomic E-state index is 12.5. The number of ether oxygens (including phenoxy) is 1. The van der Waals surface area contributed by atoms with Crippen LogP contribution in [0.2, 0.25) is 0 Å². The number of likely N-dealkylation sites (N-methyl/N-ethyl adjacent to an activating group) is 1. The second kappa shape index (κ2) is 8.07. The highest BCUT2D eigenvalue weighted by Gasteiger charge is 2.37. The van der Waals surface area contributed by atoms with Gasteiger partial charge in [0.25, 0.3) is 5.91 Å². The van der Waals surface area contributed by atoms with Gasteiger partial charge in [-0.1, -0.05) is 18.2 Å². The molecule has 0 bridgehead atoms. The summed E-state index contributed by atoms with van der Waals surface area (Å²) in [6.07, 6.45) is 0.685. The minimum atomic E-state index is -0.933. The van der Waals surface area contributed by atoms with Gasteiger partial charge in [0.05, 0.1) is 18.7 Å². The predicted octanol–water partition coefficient (Wildman–Crippen LogP) is 2.22. The Kier molecular flexibility index (Phi) is 5.59. The van der Waals surface area contributed by atoms with E-state index in [-0.39, 0.29) is 24.8 Å². The summed E-state index contributed by atoms with van der Waals surface area (Å²) in [5, 5.41) is 0. The normalized spacial score (nSPS) is 17.6. The Hall–Kier alpha value is -3.09. The molecule has 2 atom stereocenters. The Bertz CT molecular complexity index is 803. The van der Waals surface area contributed by atoms with Crippen molar-refractivity contribution in [2.24, 2.45) is 5.92 Å². The maximum absolute atomic E-state index is 12.5. The minimum absolute atomic E-state index is 0.0784. The van der Waals surface area contributed by atoms with Crippen molar-refractivity contribution in [1.82, 2.24) is 4.90 Å². The van der Waals surface area contributed by atoms with Gasteiger partial charge in [-0.25, -0.2) is 0 Å². The lowest BCUT2D eigenvalue weighted by Crippen LogP contribution is -2.38. The minimum Gasteiger partial charge on any atom is -0.467 e. The van der Waals surface area contributed by atoms with Crippen molar-refractivity contribution < 1.29 is 23.5 Å². The summed E-state index contributed by atoms with van der Waals surface area (Å²) in [6, 6.07) is 12.6. The summed E-state index contributed by atoms with van der Waals surface area (Å²) >= 11 is 0. The molecule has 1 fully saturated rings. The van der Waals surface area contributed by atoms with Crippen LogP contribution in [0.3, 0.4) is 0 Å². The second-order valence-corrected chi connectivity index (χ2v) is 6.57. The van der Waals surface area contributed by atoms with Gasteiger partial charge in [-0.3, -0.25) is 14.4 Å². The van der Waals surface area contributed by atoms with Crippen molar-refractivity contribution in [3.05, 3.63) is 54.5 Å². The van der Waals surface area contributed by atoms with E-state index in [1.54, 1.807) is 36.2 Å². The molecule has 1 aromatic carbocycles. The number of esters is 1. The van der Waals surface area contributed by atoms with Gasteiger partial charge in [0.1, 0.15) is 5.76 Å². The van der Waals surface area contributed by atoms with E-state index < -0.39 is 18.0 Å². The zero-order valence-corrected chi connectivity index (χ0v) is 15.3. The first kappa shape index (κ1) is 18.7. The van der Waals surface area contributed by atoms with Crippen LogP contribution in [0.1, 0.15) is 19.1 Å². The van der Waals surface area contributed by atoms with E-state index in [0.717, 1.165) is 0 Å². The molecule has 2 heterocycles. The molecule has 3 rings (SSSR count). The van der Waals surface area contributed by atoms with Crippen LogP contribution in [0.15, 0.2) is 53.1 Å². The first-order valence-electron chi connectivity index (χ1n) is 8.79. The number of carbonyl (C=O) groups is 3. The number of carbonyl (C=O) groups excluding carboxylic acids is 3. The van der Waals surface area contributed by atoms with E-state index in [9.17, 15) is 14.4 Å². The van der Waals surface area contributed by atoms with Crippen molar-refractivity contribution >= 4 is 23.5 Å². The molecule has 0 radical (unpaired) electrons. The van der Waals surface area contributed by atoms with E-state index in [0.29, 0.717) is 18.0 Å². The highest BCUT2D eigenvalue weighted by molar-refractivity contribution is 5.97. The number of amides is 2. The van der Waals surface area contributed by atoms with E-state index in [1.807, 2.05) is 18.2 Å². The quantitative estimate of drug-likeness (QED) is 0.729. The number of furan rings is 1. The molecule has 27 heavy (non-hydrogen) atoms. The van der Waals surface area contributed by atoms with Gasteiger partial charge in [0, 0.05) is 25.7 Å². The van der Waals surface area contributed by atoms with Crippen LogP contribution in [-0.4, -0.2) is 42.4 Å². The zero-order valence-electron chi connectivity index (χ0n) is 15.3. The van der Waals surface area contributed by atoms with Crippen molar-refractivity contribution in [3.8, 4) is 0 Å². The fourth-order valence-electron chi connectivity index (χ4n) is 3.05. The molecular formula is C20H22N2O5. The highest BCUT2D eigenvalue weighted by atomic mass is 16.5. The molecule has 1 aliphatic rings. The van der Waals surface area contributed by atoms with E-state index >= 15 is 0 Å². The molecule has 1 saturated heterocycles. The van der Waals surface area contributed by atoms with Crippen molar-refractivity contribution in [3.63, 3.8) is 0 Å². The summed E-state index contributed by atoms with van der Waals surface area (Å²) in [4.78, 5) is 40.0. The predicted molar refractivity (Wildman–Crippen MR) is 97.6 cm³/mol. The number of likely N-dealkylation sites (tertiary alicyclic amines) is 1. The number of nitrogens with zero attached hydrogens (tertiary/aromatic N) is 2. The van der Waals surface area contributed by atoms with Gasteiger partial charge in [-0.2, -0.15) is 0 Å². The van der Waals surface area contributed by atoms with Crippen LogP contribution >= 0.6 is 0 Å². The average molecular weight is 370 g/mol. The van der Waals surface area contributed by atoms with Crippen LogP contribution in [-0.2, 0) is 25.7 Å². The molecule has 142 valence electrons. The smallest absolute Gasteiger partial charge is 0.312 e. The molecule has 1 aromatic heterocycles. The Morgan fingerprint density at radius 1 is 1.26 bits per heavy atom. The van der Waals surface area contributed by atoms with Crippen LogP contribution in [0.25, 0.3) is 0 Å². The molecule has 7 nitrogen and oxygen atoms in total. The van der Waals surface area contributed by atoms with Gasteiger partial charge in [-0.15, -0.1) is 0 Å². The SMILES string of the molecule is C[C@@H](OC(=O)[C@H]1CC(=O)N(Cc2ccco2)C1)C(=O)N(C)c1ccccc1. The zero-order chi connectivity index (χ0) is 19.4. The van der Waals surface area contributed by atoms with Crippen LogP contribution in [0, 0.1) is 5.92 Å². The van der Waals surface area contributed by atoms with Crippen molar-refractivity contribution in [2.45, 2.75) is 26.0 Å². The van der Waals surface area contributed by atoms with Gasteiger partial charge >= 0.3 is 5.97 Å². The number of hydrogen-bond acceptors (Lipinski definition) is 5. The fourth-order valence-corrected chi connectivity index (χ4v) is 3.05. The number of rotatable bonds is 6. The third-order valence-electron chi connectivity index (χ3n) is 4.59. The van der Waals surface area contributed by atoms with Gasteiger partial charge in [-0.05, 0) is 31.2 Å². The van der Waals surface area contributed by atoms with Gasteiger partial charge in [0.2, 0.25) is 5.91 Å². The van der Waals surface area contributed by atoms with Crippen LogP contribution < -0.4 is 4.90 Å². The Balaban J connectivity index is 1.55. The number of para-hydroxylation sites is 1. The molecule has 2 aromatic rings. The number of anilines is 1.